The van der Waals surface area contributed by atoms with Crippen molar-refractivity contribution in [2.75, 3.05) is 5.75 Å². The molecular weight excluding hydrogens is 234 g/mol. The fourth-order valence-electron chi connectivity index (χ4n) is 1.83. The van der Waals surface area contributed by atoms with Crippen LogP contribution in [0.4, 0.5) is 0 Å². The van der Waals surface area contributed by atoms with E-state index in [4.69, 9.17) is 5.26 Å². The van der Waals surface area contributed by atoms with Crippen LogP contribution < -0.4 is 0 Å². The van der Waals surface area contributed by atoms with E-state index in [2.05, 4.69) is 6.92 Å². The van der Waals surface area contributed by atoms with Gasteiger partial charge in [0.2, 0.25) is 9.84 Å². The Morgan fingerprint density at radius 3 is 1.65 bits per heavy atom. The molecule has 0 aliphatic heterocycles. The molecule has 0 saturated carbocycles. The molecule has 100 valence electrons. The van der Waals surface area contributed by atoms with Crippen molar-refractivity contribution in [3.63, 3.8) is 0 Å². The highest BCUT2D eigenvalue weighted by Gasteiger charge is 2.06. The molecular formula is C13H25NO2S. The highest BCUT2D eigenvalue weighted by atomic mass is 32.2. The fourth-order valence-corrected chi connectivity index (χ4v) is 2.50. The molecule has 0 radical (unpaired) electrons. The van der Waals surface area contributed by atoms with E-state index >= 15 is 0 Å². The van der Waals surface area contributed by atoms with Gasteiger partial charge in [-0.1, -0.05) is 64.7 Å². The van der Waals surface area contributed by atoms with Crippen LogP contribution in [0.15, 0.2) is 0 Å². The number of hydrogen-bond acceptors (Lipinski definition) is 3. The molecule has 0 fully saturated rings. The number of unbranched alkanes of at least 4 members (excludes halogenated alkanes) is 9. The van der Waals surface area contributed by atoms with Gasteiger partial charge in [-0.3, -0.25) is 0 Å². The van der Waals surface area contributed by atoms with Gasteiger partial charge in [-0.05, 0) is 6.42 Å². The maximum absolute atomic E-state index is 10.9. The van der Waals surface area contributed by atoms with E-state index in [1.54, 1.807) is 0 Å². The predicted molar refractivity (Wildman–Crippen MR) is 71.2 cm³/mol. The van der Waals surface area contributed by atoms with Crippen molar-refractivity contribution < 1.29 is 8.42 Å². The number of hydrogen-bond donors (Lipinski definition) is 0. The maximum Gasteiger partial charge on any atom is 0.241 e. The second-order valence-corrected chi connectivity index (χ2v) is 6.41. The normalized spacial score (nSPS) is 11.3. The van der Waals surface area contributed by atoms with E-state index in [0.29, 0.717) is 6.42 Å². The van der Waals surface area contributed by atoms with Crippen molar-refractivity contribution in [3.05, 3.63) is 0 Å². The van der Waals surface area contributed by atoms with Gasteiger partial charge in [-0.2, -0.15) is 5.26 Å². The molecule has 0 amide bonds. The topological polar surface area (TPSA) is 57.9 Å². The minimum absolute atomic E-state index is 0.0278. The summed E-state index contributed by atoms with van der Waals surface area (Å²) in [6.45, 7) is 2.22. The van der Waals surface area contributed by atoms with Crippen molar-refractivity contribution in [1.82, 2.24) is 0 Å². The SMILES string of the molecule is CCCCCCCCCCCCS(=O)(=O)C#N. The Balaban J connectivity index is 3.17. The third-order valence-electron chi connectivity index (χ3n) is 2.91. The smallest absolute Gasteiger partial charge is 0.213 e. The van der Waals surface area contributed by atoms with Gasteiger partial charge in [0.15, 0.2) is 5.40 Å². The Bertz CT molecular complexity index is 304. The molecule has 0 saturated heterocycles. The number of rotatable bonds is 11. The van der Waals surface area contributed by atoms with Gasteiger partial charge < -0.3 is 0 Å². The minimum Gasteiger partial charge on any atom is -0.213 e. The van der Waals surface area contributed by atoms with Crippen LogP contribution in [-0.2, 0) is 9.84 Å². The molecule has 4 heteroatoms. The molecule has 0 aliphatic rings. The first kappa shape index (κ1) is 16.4. The minimum atomic E-state index is -3.42. The second kappa shape index (κ2) is 10.6. The second-order valence-electron chi connectivity index (χ2n) is 4.59. The highest BCUT2D eigenvalue weighted by molar-refractivity contribution is 7.95. The first-order valence-corrected chi connectivity index (χ1v) is 8.41. The van der Waals surface area contributed by atoms with E-state index in [1.165, 1.54) is 50.3 Å². The molecule has 3 nitrogen and oxygen atoms in total. The van der Waals surface area contributed by atoms with Crippen LogP contribution in [0.25, 0.3) is 0 Å². The number of sulfone groups is 1. The van der Waals surface area contributed by atoms with Crippen LogP contribution in [0, 0.1) is 10.7 Å². The molecule has 0 rings (SSSR count). The zero-order chi connectivity index (χ0) is 13.0. The van der Waals surface area contributed by atoms with Crippen molar-refractivity contribution in [2.24, 2.45) is 0 Å². The summed E-state index contributed by atoms with van der Waals surface area (Å²) in [4.78, 5) is 0. The molecule has 0 N–H and O–H groups in total. The molecule has 0 spiro atoms. The first-order valence-electron chi connectivity index (χ1n) is 6.76. The molecule has 0 bridgehead atoms. The Morgan fingerprint density at radius 1 is 0.824 bits per heavy atom. The molecule has 0 aromatic carbocycles. The number of thiocyanates is 1. The fraction of sp³-hybridized carbons (Fsp3) is 0.923. The van der Waals surface area contributed by atoms with Crippen molar-refractivity contribution >= 4 is 9.84 Å². The quantitative estimate of drug-likeness (QED) is 0.322. The summed E-state index contributed by atoms with van der Waals surface area (Å²) in [5.41, 5.74) is 0. The lowest BCUT2D eigenvalue weighted by molar-refractivity contribution is 0.559. The Hall–Kier alpha value is -0.560. The van der Waals surface area contributed by atoms with Crippen LogP contribution in [-0.4, -0.2) is 14.2 Å². The van der Waals surface area contributed by atoms with Gasteiger partial charge in [0.1, 0.15) is 0 Å². The van der Waals surface area contributed by atoms with Gasteiger partial charge in [-0.25, -0.2) is 8.42 Å². The summed E-state index contributed by atoms with van der Waals surface area (Å²) >= 11 is 0. The lowest BCUT2D eigenvalue weighted by Gasteiger charge is -2.01. The van der Waals surface area contributed by atoms with Gasteiger partial charge in [0.05, 0.1) is 5.75 Å². The number of nitriles is 1. The highest BCUT2D eigenvalue weighted by Crippen LogP contribution is 2.10. The maximum atomic E-state index is 10.9. The van der Waals surface area contributed by atoms with Crippen molar-refractivity contribution in [3.8, 4) is 5.40 Å². The number of nitrogens with zero attached hydrogens (tertiary/aromatic N) is 1. The molecule has 0 unspecified atom stereocenters. The molecule has 0 heterocycles. The Morgan fingerprint density at radius 2 is 1.24 bits per heavy atom. The standard InChI is InChI=1S/C13H25NO2S/c1-2-3-4-5-6-7-8-9-10-11-12-17(15,16)13-14/h2-12H2,1H3. The lowest BCUT2D eigenvalue weighted by atomic mass is 10.1. The summed E-state index contributed by atoms with van der Waals surface area (Å²) in [7, 11) is -3.42. The lowest BCUT2D eigenvalue weighted by Crippen LogP contribution is -2.01. The predicted octanol–water partition coefficient (Wildman–Crippen LogP) is 3.80. The van der Waals surface area contributed by atoms with Gasteiger partial charge >= 0.3 is 0 Å². The van der Waals surface area contributed by atoms with Crippen molar-refractivity contribution in [1.29, 1.82) is 5.26 Å². The van der Waals surface area contributed by atoms with Crippen LogP contribution in [0.1, 0.15) is 71.1 Å². The summed E-state index contributed by atoms with van der Waals surface area (Å²) in [5.74, 6) is 0.0278. The Labute approximate surface area is 106 Å². The molecule has 0 aliphatic carbocycles. The van der Waals surface area contributed by atoms with Crippen LogP contribution in [0.2, 0.25) is 0 Å². The van der Waals surface area contributed by atoms with Crippen LogP contribution >= 0.6 is 0 Å². The van der Waals surface area contributed by atoms with E-state index in [9.17, 15) is 8.42 Å². The van der Waals surface area contributed by atoms with Gasteiger partial charge in [0.25, 0.3) is 0 Å². The third-order valence-corrected chi connectivity index (χ3v) is 4.01. The van der Waals surface area contributed by atoms with Crippen LogP contribution in [0.5, 0.6) is 0 Å². The van der Waals surface area contributed by atoms with Gasteiger partial charge in [0, 0.05) is 0 Å². The monoisotopic (exact) mass is 259 g/mol. The summed E-state index contributed by atoms with van der Waals surface area (Å²) in [5, 5.41) is 9.64. The Kier molecular flexibility index (Phi) is 10.2. The average molecular weight is 259 g/mol. The summed E-state index contributed by atoms with van der Waals surface area (Å²) in [6.07, 6.45) is 11.7. The molecule has 0 aromatic rings. The van der Waals surface area contributed by atoms with Crippen molar-refractivity contribution in [2.45, 2.75) is 71.1 Å². The van der Waals surface area contributed by atoms with E-state index in [0.717, 1.165) is 12.8 Å². The van der Waals surface area contributed by atoms with E-state index in [-0.39, 0.29) is 5.75 Å². The molecule has 0 aromatic heterocycles. The summed E-state index contributed by atoms with van der Waals surface area (Å²) < 4.78 is 21.7. The summed E-state index contributed by atoms with van der Waals surface area (Å²) in [6, 6.07) is 0. The van der Waals surface area contributed by atoms with E-state index < -0.39 is 9.84 Å². The average Bonchev–Trinajstić information content (AvgIpc) is 2.31. The zero-order valence-corrected chi connectivity index (χ0v) is 11.8. The molecule has 17 heavy (non-hydrogen) atoms. The van der Waals surface area contributed by atoms with Gasteiger partial charge in [-0.15, -0.1) is 0 Å². The largest absolute Gasteiger partial charge is 0.241 e. The van der Waals surface area contributed by atoms with Crippen LogP contribution in [0.3, 0.4) is 0 Å². The third kappa shape index (κ3) is 11.7. The van der Waals surface area contributed by atoms with E-state index in [1.807, 2.05) is 0 Å². The molecule has 0 atom stereocenters. The zero-order valence-electron chi connectivity index (χ0n) is 11.0. The first-order chi connectivity index (χ1) is 8.12.